The molecule has 0 radical (unpaired) electrons. The number of pyridine rings is 1. The maximum absolute atomic E-state index is 12.8. The number of likely N-dealkylation sites (tertiary alicyclic amines) is 1. The summed E-state index contributed by atoms with van der Waals surface area (Å²) in [6.45, 7) is 4.94. The summed E-state index contributed by atoms with van der Waals surface area (Å²) in [5, 5.41) is 0. The first kappa shape index (κ1) is 16.0. The maximum atomic E-state index is 12.8. The number of amides is 1. The van der Waals surface area contributed by atoms with Crippen molar-refractivity contribution in [3.8, 4) is 0 Å². The van der Waals surface area contributed by atoms with Crippen molar-refractivity contribution in [3.63, 3.8) is 0 Å². The van der Waals surface area contributed by atoms with Crippen LogP contribution in [0.2, 0.25) is 0 Å². The van der Waals surface area contributed by atoms with E-state index in [1.165, 1.54) is 12.8 Å². The van der Waals surface area contributed by atoms with E-state index in [0.29, 0.717) is 18.7 Å². The van der Waals surface area contributed by atoms with Crippen molar-refractivity contribution in [3.05, 3.63) is 29.6 Å². The zero-order chi connectivity index (χ0) is 16.6. The van der Waals surface area contributed by atoms with Gasteiger partial charge in [0.05, 0.1) is 30.4 Å². The summed E-state index contributed by atoms with van der Waals surface area (Å²) in [4.78, 5) is 18.9. The number of nitrogens with zero attached hydrogens (tertiary/aromatic N) is 2. The lowest BCUT2D eigenvalue weighted by Crippen LogP contribution is -2.50. The van der Waals surface area contributed by atoms with E-state index in [1.54, 1.807) is 6.20 Å². The Bertz CT molecular complexity index is 599. The molecule has 2 atom stereocenters. The molecule has 0 aromatic carbocycles. The third kappa shape index (κ3) is 3.47. The van der Waals surface area contributed by atoms with Gasteiger partial charge in [-0.2, -0.15) is 0 Å². The fourth-order valence-corrected chi connectivity index (χ4v) is 3.80. The smallest absolute Gasteiger partial charge is 0.255 e. The van der Waals surface area contributed by atoms with E-state index < -0.39 is 0 Å². The van der Waals surface area contributed by atoms with Crippen molar-refractivity contribution >= 4 is 5.91 Å². The summed E-state index contributed by atoms with van der Waals surface area (Å²) in [6.07, 6.45) is 7.41. The van der Waals surface area contributed by atoms with Gasteiger partial charge >= 0.3 is 0 Å². The Kier molecular flexibility index (Phi) is 4.31. The number of carbonyl (C=O) groups excluding carboxylic acids is 1. The van der Waals surface area contributed by atoms with E-state index in [-0.39, 0.29) is 17.6 Å². The van der Waals surface area contributed by atoms with Gasteiger partial charge in [-0.15, -0.1) is 0 Å². The number of aromatic nitrogens is 1. The second kappa shape index (κ2) is 6.45. The van der Waals surface area contributed by atoms with Gasteiger partial charge in [0.25, 0.3) is 5.91 Å². The van der Waals surface area contributed by atoms with Crippen molar-refractivity contribution in [2.45, 2.75) is 50.7 Å². The van der Waals surface area contributed by atoms with Gasteiger partial charge in [-0.25, -0.2) is 0 Å². The Labute approximate surface area is 143 Å². The highest BCUT2D eigenvalue weighted by Crippen LogP contribution is 2.37. The zero-order valence-corrected chi connectivity index (χ0v) is 14.4. The van der Waals surface area contributed by atoms with E-state index in [0.717, 1.165) is 44.0 Å². The van der Waals surface area contributed by atoms with Crippen LogP contribution in [0.15, 0.2) is 18.3 Å². The Morgan fingerprint density at radius 2 is 2.33 bits per heavy atom. The molecule has 0 bridgehead atoms. The van der Waals surface area contributed by atoms with Crippen LogP contribution < -0.4 is 0 Å². The predicted molar refractivity (Wildman–Crippen MR) is 89.9 cm³/mol. The molecule has 2 saturated heterocycles. The van der Waals surface area contributed by atoms with Gasteiger partial charge < -0.3 is 14.4 Å². The van der Waals surface area contributed by atoms with Gasteiger partial charge in [-0.05, 0) is 50.7 Å². The highest BCUT2D eigenvalue weighted by molar-refractivity contribution is 5.94. The van der Waals surface area contributed by atoms with Crippen LogP contribution in [0.1, 0.15) is 48.2 Å². The molecule has 0 N–H and O–H groups in total. The highest BCUT2D eigenvalue weighted by atomic mass is 16.6. The Balaban J connectivity index is 1.38. The molecular weight excluding hydrogens is 304 g/mol. The molecule has 1 aromatic rings. The topological polar surface area (TPSA) is 51.7 Å². The minimum Gasteiger partial charge on any atom is -0.375 e. The van der Waals surface area contributed by atoms with Crippen molar-refractivity contribution in [2.75, 3.05) is 26.3 Å². The number of hydrogen-bond acceptors (Lipinski definition) is 4. The number of rotatable bonds is 4. The van der Waals surface area contributed by atoms with Crippen molar-refractivity contribution in [2.24, 2.45) is 5.92 Å². The molecule has 1 saturated carbocycles. The molecule has 24 heavy (non-hydrogen) atoms. The van der Waals surface area contributed by atoms with Crippen LogP contribution in [0, 0.1) is 12.8 Å². The molecule has 1 spiro atoms. The van der Waals surface area contributed by atoms with Gasteiger partial charge in [-0.1, -0.05) is 0 Å². The molecule has 1 aliphatic carbocycles. The summed E-state index contributed by atoms with van der Waals surface area (Å²) in [5.74, 6) is 0.840. The molecule has 0 unspecified atom stereocenters. The fraction of sp³-hybridized carbons (Fsp3) is 0.684. The first-order chi connectivity index (χ1) is 11.6. The van der Waals surface area contributed by atoms with Crippen LogP contribution in [0.25, 0.3) is 0 Å². The molecule has 2 aliphatic heterocycles. The maximum Gasteiger partial charge on any atom is 0.255 e. The monoisotopic (exact) mass is 330 g/mol. The second-order valence-corrected chi connectivity index (χ2v) is 7.62. The molecule has 1 amide bonds. The lowest BCUT2D eigenvalue weighted by atomic mass is 9.89. The largest absolute Gasteiger partial charge is 0.375 e. The third-order valence-electron chi connectivity index (χ3n) is 5.42. The van der Waals surface area contributed by atoms with Crippen LogP contribution in [-0.4, -0.2) is 53.8 Å². The lowest BCUT2D eigenvalue weighted by molar-refractivity contribution is -0.0465. The summed E-state index contributed by atoms with van der Waals surface area (Å²) < 4.78 is 12.2. The van der Waals surface area contributed by atoms with Crippen LogP contribution in [0.4, 0.5) is 0 Å². The third-order valence-corrected chi connectivity index (χ3v) is 5.42. The quantitative estimate of drug-likeness (QED) is 0.851. The number of carbonyl (C=O) groups is 1. The summed E-state index contributed by atoms with van der Waals surface area (Å²) >= 11 is 0. The van der Waals surface area contributed by atoms with Crippen LogP contribution >= 0.6 is 0 Å². The van der Waals surface area contributed by atoms with Gasteiger partial charge in [-0.3, -0.25) is 9.78 Å². The predicted octanol–water partition coefficient (Wildman–Crippen LogP) is 2.58. The summed E-state index contributed by atoms with van der Waals surface area (Å²) in [7, 11) is 0. The standard InChI is InChI=1S/C19H26N2O3/c1-14-3-6-16(10-20-14)18(22)21-8-2-7-19(13-21)9-17(12-24-19)23-11-15-4-5-15/h3,6,10,15,17H,2,4-5,7-9,11-13H2,1H3/t17-,19-/m0/s1. The van der Waals surface area contributed by atoms with Gasteiger partial charge in [0, 0.05) is 31.5 Å². The highest BCUT2D eigenvalue weighted by Gasteiger charge is 2.45. The molecule has 3 heterocycles. The minimum absolute atomic E-state index is 0.0625. The average Bonchev–Trinajstić information content (AvgIpc) is 3.35. The molecule has 5 heteroatoms. The van der Waals surface area contributed by atoms with Crippen LogP contribution in [0.5, 0.6) is 0 Å². The zero-order valence-electron chi connectivity index (χ0n) is 14.4. The normalized spacial score (nSPS) is 30.0. The molecular formula is C19H26N2O3. The Hall–Kier alpha value is -1.46. The SMILES string of the molecule is Cc1ccc(C(=O)N2CCC[C@]3(C[C@H](OCC4CC4)CO3)C2)cn1. The molecule has 1 aromatic heterocycles. The molecule has 4 rings (SSSR count). The van der Waals surface area contributed by atoms with Crippen molar-refractivity contribution < 1.29 is 14.3 Å². The number of piperidine rings is 1. The summed E-state index contributed by atoms with van der Waals surface area (Å²) in [6, 6.07) is 3.75. The van der Waals surface area contributed by atoms with Crippen LogP contribution in [-0.2, 0) is 9.47 Å². The van der Waals surface area contributed by atoms with Gasteiger partial charge in [0.2, 0.25) is 0 Å². The Morgan fingerprint density at radius 1 is 1.46 bits per heavy atom. The number of aryl methyl sites for hydroxylation is 1. The second-order valence-electron chi connectivity index (χ2n) is 7.62. The van der Waals surface area contributed by atoms with E-state index in [1.807, 2.05) is 24.0 Å². The first-order valence-electron chi connectivity index (χ1n) is 9.11. The van der Waals surface area contributed by atoms with Crippen LogP contribution in [0.3, 0.4) is 0 Å². The molecule has 5 nitrogen and oxygen atoms in total. The molecule has 130 valence electrons. The fourth-order valence-electron chi connectivity index (χ4n) is 3.80. The molecule has 3 aliphatic rings. The Morgan fingerprint density at radius 3 is 3.08 bits per heavy atom. The molecule has 3 fully saturated rings. The summed E-state index contributed by atoms with van der Waals surface area (Å²) in [5.41, 5.74) is 1.38. The van der Waals surface area contributed by atoms with E-state index in [9.17, 15) is 4.79 Å². The van der Waals surface area contributed by atoms with E-state index >= 15 is 0 Å². The van der Waals surface area contributed by atoms with Gasteiger partial charge in [0.1, 0.15) is 0 Å². The number of ether oxygens (including phenoxy) is 2. The van der Waals surface area contributed by atoms with Gasteiger partial charge in [0.15, 0.2) is 0 Å². The van der Waals surface area contributed by atoms with Crippen molar-refractivity contribution in [1.29, 1.82) is 0 Å². The first-order valence-corrected chi connectivity index (χ1v) is 9.11. The lowest BCUT2D eigenvalue weighted by Gasteiger charge is -2.39. The van der Waals surface area contributed by atoms with E-state index in [4.69, 9.17) is 9.47 Å². The minimum atomic E-state index is -0.208. The number of hydrogen-bond donors (Lipinski definition) is 0. The van der Waals surface area contributed by atoms with Crippen molar-refractivity contribution in [1.82, 2.24) is 9.88 Å². The average molecular weight is 330 g/mol. The van der Waals surface area contributed by atoms with E-state index in [2.05, 4.69) is 4.98 Å².